The second-order valence-electron chi connectivity index (χ2n) is 4.81. The molecule has 0 saturated heterocycles. The topological polar surface area (TPSA) is 73.8 Å². The van der Waals surface area contributed by atoms with Crippen LogP contribution in [-0.4, -0.2) is 26.1 Å². The van der Waals surface area contributed by atoms with Crippen LogP contribution in [0.2, 0.25) is 0 Å². The minimum atomic E-state index is -0.622. The van der Waals surface area contributed by atoms with Crippen molar-refractivity contribution in [2.24, 2.45) is 5.73 Å². The number of nitrogens with zero attached hydrogens (tertiary/aromatic N) is 3. The van der Waals surface area contributed by atoms with Gasteiger partial charge in [0.2, 0.25) is 0 Å². The Kier molecular flexibility index (Phi) is 3.57. The molecular weight excluding hydrogens is 216 g/mol. The number of carbonyl (C=O) groups excluding carboxylic acids is 1. The van der Waals surface area contributed by atoms with Crippen LogP contribution in [0.4, 0.5) is 0 Å². The maximum atomic E-state index is 12.2. The van der Waals surface area contributed by atoms with Crippen LogP contribution in [0.25, 0.3) is 0 Å². The van der Waals surface area contributed by atoms with Crippen molar-refractivity contribution < 1.29 is 4.79 Å². The third-order valence-electron chi connectivity index (χ3n) is 3.62. The van der Waals surface area contributed by atoms with Gasteiger partial charge in [-0.1, -0.05) is 19.3 Å². The minimum Gasteiger partial charge on any atom is -0.319 e. The highest BCUT2D eigenvalue weighted by molar-refractivity contribution is 5.89. The Morgan fingerprint density at radius 1 is 1.47 bits per heavy atom. The van der Waals surface area contributed by atoms with Gasteiger partial charge in [0.15, 0.2) is 5.78 Å². The third kappa shape index (κ3) is 2.54. The first-order chi connectivity index (χ1) is 8.15. The molecule has 1 aromatic rings. The van der Waals surface area contributed by atoms with Gasteiger partial charge in [-0.05, 0) is 19.8 Å². The fourth-order valence-electron chi connectivity index (χ4n) is 2.47. The molecule has 1 aliphatic rings. The number of aromatic nitrogens is 3. The lowest BCUT2D eigenvalue weighted by Gasteiger charge is -2.31. The van der Waals surface area contributed by atoms with E-state index in [1.54, 1.807) is 4.68 Å². The molecule has 1 aromatic heterocycles. The van der Waals surface area contributed by atoms with Crippen LogP contribution in [0.1, 0.15) is 44.9 Å². The number of nitrogens with two attached hydrogens (primary N) is 1. The largest absolute Gasteiger partial charge is 0.319 e. The Balaban J connectivity index is 2.05. The highest BCUT2D eigenvalue weighted by atomic mass is 16.1. The first-order valence-electron chi connectivity index (χ1n) is 6.34. The summed E-state index contributed by atoms with van der Waals surface area (Å²) in [4.78, 5) is 16.4. The van der Waals surface area contributed by atoms with Crippen LogP contribution in [0.5, 0.6) is 0 Å². The molecule has 0 amide bonds. The second-order valence-corrected chi connectivity index (χ2v) is 4.81. The highest BCUT2D eigenvalue weighted by Crippen LogP contribution is 2.27. The molecule has 0 radical (unpaired) electrons. The molecule has 0 bridgehead atoms. The fourth-order valence-corrected chi connectivity index (χ4v) is 2.47. The number of aryl methyl sites for hydroxylation is 1. The van der Waals surface area contributed by atoms with Gasteiger partial charge < -0.3 is 5.73 Å². The van der Waals surface area contributed by atoms with E-state index < -0.39 is 5.54 Å². The van der Waals surface area contributed by atoms with E-state index in [-0.39, 0.29) is 5.78 Å². The van der Waals surface area contributed by atoms with Gasteiger partial charge in [0, 0.05) is 6.54 Å². The molecule has 0 aromatic carbocycles. The normalized spacial score (nSPS) is 19.2. The Hall–Kier alpha value is -1.23. The number of Topliss-reactive ketones (excluding diaryl/α,β-unsaturated/α-hetero) is 1. The van der Waals surface area contributed by atoms with Crippen molar-refractivity contribution in [3.63, 3.8) is 0 Å². The van der Waals surface area contributed by atoms with Gasteiger partial charge in [-0.3, -0.25) is 4.79 Å². The molecule has 5 nitrogen and oxygen atoms in total. The maximum Gasteiger partial charge on any atom is 0.160 e. The molecular formula is C12H20N4O. The molecule has 0 atom stereocenters. The van der Waals surface area contributed by atoms with Crippen molar-refractivity contribution in [2.75, 3.05) is 0 Å². The number of carbonyl (C=O) groups is 1. The van der Waals surface area contributed by atoms with Gasteiger partial charge in [-0.2, -0.15) is 5.10 Å². The maximum absolute atomic E-state index is 12.2. The van der Waals surface area contributed by atoms with Crippen LogP contribution >= 0.6 is 0 Å². The summed E-state index contributed by atoms with van der Waals surface area (Å²) in [7, 11) is 0. The standard InChI is InChI=1S/C12H20N4O/c1-2-16-11(14-9-15-16)8-10(17)12(13)6-4-3-5-7-12/h9H,2-8,13H2,1H3. The molecule has 0 aliphatic heterocycles. The molecule has 2 N–H and O–H groups in total. The summed E-state index contributed by atoms with van der Waals surface area (Å²) in [6.07, 6.45) is 6.74. The van der Waals surface area contributed by atoms with Gasteiger partial charge in [-0.25, -0.2) is 9.67 Å². The number of rotatable bonds is 4. The summed E-state index contributed by atoms with van der Waals surface area (Å²) in [6, 6.07) is 0. The molecule has 17 heavy (non-hydrogen) atoms. The lowest BCUT2D eigenvalue weighted by atomic mass is 9.78. The second kappa shape index (κ2) is 4.96. The van der Waals surface area contributed by atoms with Crippen LogP contribution in [0, 0.1) is 0 Å². The lowest BCUT2D eigenvalue weighted by Crippen LogP contribution is -2.50. The number of hydrogen-bond acceptors (Lipinski definition) is 4. The summed E-state index contributed by atoms with van der Waals surface area (Å²) < 4.78 is 1.75. The molecule has 1 aliphatic carbocycles. The molecule has 1 fully saturated rings. The molecule has 1 saturated carbocycles. The zero-order chi connectivity index (χ0) is 12.3. The first kappa shape index (κ1) is 12.2. The average molecular weight is 236 g/mol. The third-order valence-corrected chi connectivity index (χ3v) is 3.62. The van der Waals surface area contributed by atoms with E-state index in [9.17, 15) is 4.79 Å². The Labute approximate surface area is 101 Å². The van der Waals surface area contributed by atoms with Crippen LogP contribution < -0.4 is 5.73 Å². The Morgan fingerprint density at radius 2 is 2.18 bits per heavy atom. The quantitative estimate of drug-likeness (QED) is 0.848. The summed E-state index contributed by atoms with van der Waals surface area (Å²) >= 11 is 0. The predicted octanol–water partition coefficient (Wildman–Crippen LogP) is 1.07. The van der Waals surface area contributed by atoms with Gasteiger partial charge >= 0.3 is 0 Å². The monoisotopic (exact) mass is 236 g/mol. The van der Waals surface area contributed by atoms with E-state index in [2.05, 4.69) is 10.1 Å². The van der Waals surface area contributed by atoms with Crippen molar-refractivity contribution in [1.29, 1.82) is 0 Å². The van der Waals surface area contributed by atoms with E-state index in [0.717, 1.165) is 38.1 Å². The smallest absolute Gasteiger partial charge is 0.160 e. The highest BCUT2D eigenvalue weighted by Gasteiger charge is 2.35. The van der Waals surface area contributed by atoms with Gasteiger partial charge in [0.25, 0.3) is 0 Å². The summed E-state index contributed by atoms with van der Waals surface area (Å²) in [5, 5.41) is 4.07. The van der Waals surface area contributed by atoms with Crippen molar-refractivity contribution in [3.05, 3.63) is 12.2 Å². The molecule has 2 rings (SSSR count). The van der Waals surface area contributed by atoms with Crippen molar-refractivity contribution in [1.82, 2.24) is 14.8 Å². The van der Waals surface area contributed by atoms with Crippen molar-refractivity contribution in [2.45, 2.75) is 57.5 Å². The van der Waals surface area contributed by atoms with Gasteiger partial charge in [-0.15, -0.1) is 0 Å². The van der Waals surface area contributed by atoms with E-state index in [0.29, 0.717) is 6.42 Å². The number of hydrogen-bond donors (Lipinski definition) is 1. The SMILES string of the molecule is CCn1ncnc1CC(=O)C1(N)CCCCC1. The lowest BCUT2D eigenvalue weighted by molar-refractivity contribution is -0.124. The van der Waals surface area contributed by atoms with Crippen LogP contribution in [-0.2, 0) is 17.8 Å². The van der Waals surface area contributed by atoms with Crippen molar-refractivity contribution in [3.8, 4) is 0 Å². The van der Waals surface area contributed by atoms with Crippen LogP contribution in [0.3, 0.4) is 0 Å². The minimum absolute atomic E-state index is 0.111. The van der Waals surface area contributed by atoms with E-state index >= 15 is 0 Å². The fraction of sp³-hybridized carbons (Fsp3) is 0.750. The molecule has 5 heteroatoms. The first-order valence-corrected chi connectivity index (χ1v) is 6.34. The van der Waals surface area contributed by atoms with Gasteiger partial charge in [0.1, 0.15) is 12.2 Å². The van der Waals surface area contributed by atoms with Crippen LogP contribution in [0.15, 0.2) is 6.33 Å². The Morgan fingerprint density at radius 3 is 2.82 bits per heavy atom. The summed E-state index contributed by atoms with van der Waals surface area (Å²) in [5.41, 5.74) is 5.58. The van der Waals surface area contributed by atoms with Crippen molar-refractivity contribution >= 4 is 5.78 Å². The van der Waals surface area contributed by atoms with E-state index in [1.807, 2.05) is 6.92 Å². The average Bonchev–Trinajstić information content (AvgIpc) is 2.77. The van der Waals surface area contributed by atoms with Gasteiger partial charge in [0.05, 0.1) is 12.0 Å². The van der Waals surface area contributed by atoms with E-state index in [4.69, 9.17) is 5.73 Å². The number of ketones is 1. The molecule has 1 heterocycles. The summed E-state index contributed by atoms with van der Waals surface area (Å²) in [6.45, 7) is 2.72. The zero-order valence-electron chi connectivity index (χ0n) is 10.4. The summed E-state index contributed by atoms with van der Waals surface area (Å²) in [5.74, 6) is 0.841. The zero-order valence-corrected chi connectivity index (χ0v) is 10.4. The molecule has 94 valence electrons. The molecule has 0 spiro atoms. The predicted molar refractivity (Wildman–Crippen MR) is 64.4 cm³/mol. The Bertz CT molecular complexity index is 393. The van der Waals surface area contributed by atoms with E-state index in [1.165, 1.54) is 12.7 Å². The molecule has 0 unspecified atom stereocenters.